The van der Waals surface area contributed by atoms with Crippen molar-refractivity contribution in [2.45, 2.75) is 13.5 Å². The first-order chi connectivity index (χ1) is 9.99. The lowest BCUT2D eigenvalue weighted by Gasteiger charge is -2.09. The van der Waals surface area contributed by atoms with Crippen LogP contribution in [0, 0.1) is 17.0 Å². The molecule has 7 heteroatoms. The number of benzene rings is 1. The average molecular weight is 288 g/mol. The number of ether oxygens (including phenoxy) is 1. The lowest BCUT2D eigenvalue weighted by Crippen LogP contribution is -2.07. The van der Waals surface area contributed by atoms with Gasteiger partial charge in [-0.3, -0.25) is 15.1 Å². The molecule has 21 heavy (non-hydrogen) atoms. The van der Waals surface area contributed by atoms with Crippen LogP contribution in [-0.4, -0.2) is 21.0 Å². The maximum absolute atomic E-state index is 11.2. The number of aryl methyl sites for hydroxylation is 1. The van der Waals surface area contributed by atoms with Gasteiger partial charge in [0.05, 0.1) is 10.6 Å². The van der Waals surface area contributed by atoms with E-state index in [4.69, 9.17) is 9.84 Å². The van der Waals surface area contributed by atoms with E-state index in [1.54, 1.807) is 12.1 Å². The quantitative estimate of drug-likeness (QED) is 0.670. The van der Waals surface area contributed by atoms with Crippen molar-refractivity contribution in [3.05, 3.63) is 63.5 Å². The Balaban J connectivity index is 2.30. The minimum atomic E-state index is -1.41. The van der Waals surface area contributed by atoms with E-state index in [1.807, 2.05) is 13.0 Å². The lowest BCUT2D eigenvalue weighted by molar-refractivity contribution is -0.385. The fourth-order valence-electron chi connectivity index (χ4n) is 1.84. The minimum Gasteiger partial charge on any atom is -0.486 e. The van der Waals surface area contributed by atoms with Crippen molar-refractivity contribution in [1.82, 2.24) is 4.98 Å². The van der Waals surface area contributed by atoms with E-state index in [9.17, 15) is 14.9 Å². The van der Waals surface area contributed by atoms with Gasteiger partial charge in [-0.05, 0) is 25.1 Å². The van der Waals surface area contributed by atoms with Gasteiger partial charge in [0.1, 0.15) is 12.4 Å². The Morgan fingerprint density at radius 1 is 1.33 bits per heavy atom. The highest BCUT2D eigenvalue weighted by Gasteiger charge is 2.24. The smallest absolute Gasteiger partial charge is 0.346 e. The Kier molecular flexibility index (Phi) is 4.13. The van der Waals surface area contributed by atoms with Gasteiger partial charge in [0.25, 0.3) is 5.69 Å². The normalized spacial score (nSPS) is 10.1. The number of pyridine rings is 1. The summed E-state index contributed by atoms with van der Waals surface area (Å²) in [5, 5.41) is 20.0. The molecule has 108 valence electrons. The third-order valence-corrected chi connectivity index (χ3v) is 2.74. The second-order valence-electron chi connectivity index (χ2n) is 4.27. The van der Waals surface area contributed by atoms with Gasteiger partial charge < -0.3 is 9.84 Å². The number of aromatic nitrogens is 1. The zero-order valence-corrected chi connectivity index (χ0v) is 11.1. The van der Waals surface area contributed by atoms with Gasteiger partial charge in [-0.15, -0.1) is 0 Å². The Morgan fingerprint density at radius 2 is 2.05 bits per heavy atom. The molecule has 0 aliphatic heterocycles. The molecule has 7 nitrogen and oxygen atoms in total. The summed E-state index contributed by atoms with van der Waals surface area (Å²) < 4.78 is 5.38. The molecule has 0 amide bonds. The molecule has 0 spiro atoms. The Morgan fingerprint density at radius 3 is 2.67 bits per heavy atom. The van der Waals surface area contributed by atoms with Crippen LogP contribution in [0.4, 0.5) is 5.69 Å². The molecule has 0 atom stereocenters. The highest BCUT2D eigenvalue weighted by Crippen LogP contribution is 2.28. The number of aromatic carboxylic acids is 1. The van der Waals surface area contributed by atoms with E-state index in [0.717, 1.165) is 11.8 Å². The molecule has 0 aliphatic rings. The molecular weight excluding hydrogens is 276 g/mol. The summed E-state index contributed by atoms with van der Waals surface area (Å²) in [6.45, 7) is 1.85. The summed E-state index contributed by atoms with van der Waals surface area (Å²) in [6, 6.07) is 9.23. The van der Waals surface area contributed by atoms with E-state index in [2.05, 4.69) is 4.98 Å². The zero-order chi connectivity index (χ0) is 15.4. The van der Waals surface area contributed by atoms with Crippen molar-refractivity contribution in [2.24, 2.45) is 0 Å². The van der Waals surface area contributed by atoms with Crippen LogP contribution in [0.2, 0.25) is 0 Å². The number of carboxylic acid groups (broad SMARTS) is 1. The Bertz CT molecular complexity index is 700. The van der Waals surface area contributed by atoms with Crippen LogP contribution in [-0.2, 0) is 6.61 Å². The molecule has 0 unspecified atom stereocenters. The second kappa shape index (κ2) is 6.00. The number of rotatable bonds is 5. The topological polar surface area (TPSA) is 103 Å². The van der Waals surface area contributed by atoms with Crippen LogP contribution >= 0.6 is 0 Å². The maximum Gasteiger partial charge on any atom is 0.346 e. The first-order valence-electron chi connectivity index (χ1n) is 6.05. The maximum atomic E-state index is 11.2. The van der Waals surface area contributed by atoms with Crippen LogP contribution in [0.25, 0.3) is 0 Å². The molecule has 0 saturated carbocycles. The van der Waals surface area contributed by atoms with Crippen LogP contribution in [0.5, 0.6) is 5.75 Å². The molecule has 0 aliphatic carbocycles. The van der Waals surface area contributed by atoms with Crippen LogP contribution in [0.15, 0.2) is 36.4 Å². The molecule has 0 fully saturated rings. The third-order valence-electron chi connectivity index (χ3n) is 2.74. The first-order valence-corrected chi connectivity index (χ1v) is 6.05. The van der Waals surface area contributed by atoms with Crippen LogP contribution in [0.3, 0.4) is 0 Å². The summed E-state index contributed by atoms with van der Waals surface area (Å²) in [5.41, 5.74) is 0.443. The number of hydrogen-bond donors (Lipinski definition) is 1. The predicted molar refractivity (Wildman–Crippen MR) is 73.4 cm³/mol. The molecule has 1 aromatic heterocycles. The standard InChI is InChI=1S/C14H12N2O5/c1-9-4-2-5-10(15-9)8-21-12-7-3-6-11(16(19)20)13(12)14(17)18/h2-7H,8H2,1H3,(H,17,18). The molecule has 0 saturated heterocycles. The van der Waals surface area contributed by atoms with E-state index in [0.29, 0.717) is 5.69 Å². The number of nitro groups is 1. The number of carboxylic acids is 1. The van der Waals surface area contributed by atoms with E-state index in [1.165, 1.54) is 12.1 Å². The number of nitro benzene ring substituents is 1. The number of carbonyl (C=O) groups is 1. The molecule has 2 aromatic rings. The van der Waals surface area contributed by atoms with E-state index < -0.39 is 22.1 Å². The highest BCUT2D eigenvalue weighted by atomic mass is 16.6. The van der Waals surface area contributed by atoms with Crippen LogP contribution < -0.4 is 4.74 Å². The van der Waals surface area contributed by atoms with Gasteiger partial charge in [0, 0.05) is 11.8 Å². The van der Waals surface area contributed by atoms with Crippen molar-refractivity contribution in [3.63, 3.8) is 0 Å². The van der Waals surface area contributed by atoms with Gasteiger partial charge in [-0.2, -0.15) is 0 Å². The summed E-state index contributed by atoms with van der Waals surface area (Å²) in [4.78, 5) is 25.5. The molecule has 1 heterocycles. The van der Waals surface area contributed by atoms with Crippen molar-refractivity contribution in [3.8, 4) is 5.75 Å². The first kappa shape index (κ1) is 14.4. The van der Waals surface area contributed by atoms with E-state index >= 15 is 0 Å². The molecule has 1 N–H and O–H groups in total. The van der Waals surface area contributed by atoms with Crippen molar-refractivity contribution in [2.75, 3.05) is 0 Å². The number of hydrogen-bond acceptors (Lipinski definition) is 5. The van der Waals surface area contributed by atoms with Gasteiger partial charge in [0.15, 0.2) is 5.56 Å². The Hall–Kier alpha value is -2.96. The van der Waals surface area contributed by atoms with Crippen molar-refractivity contribution in [1.29, 1.82) is 0 Å². The fourth-order valence-corrected chi connectivity index (χ4v) is 1.84. The summed E-state index contributed by atoms with van der Waals surface area (Å²) >= 11 is 0. The van der Waals surface area contributed by atoms with Gasteiger partial charge in [-0.25, -0.2) is 4.79 Å². The fraction of sp³-hybridized carbons (Fsp3) is 0.143. The molecule has 0 radical (unpaired) electrons. The summed E-state index contributed by atoms with van der Waals surface area (Å²) in [7, 11) is 0. The predicted octanol–water partition coefficient (Wildman–Crippen LogP) is 2.58. The lowest BCUT2D eigenvalue weighted by atomic mass is 10.1. The number of nitrogens with zero attached hydrogens (tertiary/aromatic N) is 2. The monoisotopic (exact) mass is 288 g/mol. The molecule has 2 rings (SSSR count). The molecule has 1 aromatic carbocycles. The highest BCUT2D eigenvalue weighted by molar-refractivity contribution is 5.95. The van der Waals surface area contributed by atoms with Gasteiger partial charge >= 0.3 is 5.97 Å². The zero-order valence-electron chi connectivity index (χ0n) is 11.1. The second-order valence-corrected chi connectivity index (χ2v) is 4.27. The van der Waals surface area contributed by atoms with Gasteiger partial charge in [0.2, 0.25) is 0 Å². The average Bonchev–Trinajstić information content (AvgIpc) is 2.44. The minimum absolute atomic E-state index is 0.0309. The SMILES string of the molecule is Cc1cccc(COc2cccc([N+](=O)[O-])c2C(=O)O)n1. The largest absolute Gasteiger partial charge is 0.486 e. The van der Waals surface area contributed by atoms with E-state index in [-0.39, 0.29) is 12.4 Å². The summed E-state index contributed by atoms with van der Waals surface area (Å²) in [5.74, 6) is -1.46. The van der Waals surface area contributed by atoms with Crippen LogP contribution in [0.1, 0.15) is 21.7 Å². The summed E-state index contributed by atoms with van der Waals surface area (Å²) in [6.07, 6.45) is 0. The van der Waals surface area contributed by atoms with Crippen molar-refractivity contribution < 1.29 is 19.6 Å². The Labute approximate surface area is 120 Å². The molecule has 0 bridgehead atoms. The van der Waals surface area contributed by atoms with Crippen molar-refractivity contribution >= 4 is 11.7 Å². The molecular formula is C14H12N2O5. The van der Waals surface area contributed by atoms with Gasteiger partial charge in [-0.1, -0.05) is 12.1 Å². The third kappa shape index (κ3) is 3.33.